The second kappa shape index (κ2) is 7.31. The number of urea groups is 1. The first kappa shape index (κ1) is 16.8. The van der Waals surface area contributed by atoms with Crippen LogP contribution in [-0.4, -0.2) is 63.4 Å². The van der Waals surface area contributed by atoms with Gasteiger partial charge in [-0.05, 0) is 31.4 Å². The molecule has 0 unspecified atom stereocenters. The molecule has 2 fully saturated rings. The van der Waals surface area contributed by atoms with Gasteiger partial charge >= 0.3 is 6.03 Å². The summed E-state index contributed by atoms with van der Waals surface area (Å²) in [4.78, 5) is 25.3. The highest BCUT2D eigenvalue weighted by atomic mass is 16.2. The van der Waals surface area contributed by atoms with Crippen molar-refractivity contribution in [1.29, 1.82) is 0 Å². The van der Waals surface area contributed by atoms with Crippen LogP contribution < -0.4 is 10.2 Å². The van der Waals surface area contributed by atoms with Gasteiger partial charge in [0, 0.05) is 69.5 Å². The van der Waals surface area contributed by atoms with E-state index in [0.29, 0.717) is 13.1 Å². The van der Waals surface area contributed by atoms with Crippen LogP contribution in [0.3, 0.4) is 0 Å². The zero-order chi connectivity index (χ0) is 17.8. The van der Waals surface area contributed by atoms with E-state index in [9.17, 15) is 4.79 Å². The molecule has 8 nitrogen and oxygen atoms in total. The van der Waals surface area contributed by atoms with Crippen LogP contribution in [0.1, 0.15) is 19.3 Å². The maximum absolute atomic E-state index is 12.6. The average Bonchev–Trinajstić information content (AvgIpc) is 3.33. The maximum atomic E-state index is 12.6. The normalized spacial score (nSPS) is 19.1. The Balaban J connectivity index is 1.27. The van der Waals surface area contributed by atoms with E-state index in [0.717, 1.165) is 51.4 Å². The lowest BCUT2D eigenvalue weighted by Crippen LogP contribution is -2.44. The molecule has 1 saturated carbocycles. The van der Waals surface area contributed by atoms with E-state index in [1.807, 2.05) is 27.9 Å². The molecule has 2 aromatic heterocycles. The van der Waals surface area contributed by atoms with Crippen molar-refractivity contribution < 1.29 is 4.79 Å². The Morgan fingerprint density at radius 3 is 2.65 bits per heavy atom. The van der Waals surface area contributed by atoms with Crippen molar-refractivity contribution in [3.63, 3.8) is 0 Å². The first-order valence-corrected chi connectivity index (χ1v) is 9.26. The Kier molecular flexibility index (Phi) is 4.73. The molecular formula is C18H25N7O. The second-order valence-electron chi connectivity index (χ2n) is 7.24. The monoisotopic (exact) mass is 355 g/mol. The summed E-state index contributed by atoms with van der Waals surface area (Å²) in [6.07, 6.45) is 10.5. The third-order valence-electron chi connectivity index (χ3n) is 5.25. The Labute approximate surface area is 153 Å². The quantitative estimate of drug-likeness (QED) is 0.876. The van der Waals surface area contributed by atoms with Gasteiger partial charge in [0.2, 0.25) is 5.95 Å². The molecule has 3 heterocycles. The molecule has 4 rings (SSSR count). The van der Waals surface area contributed by atoms with Crippen LogP contribution >= 0.6 is 0 Å². The van der Waals surface area contributed by atoms with Crippen molar-refractivity contribution in [2.75, 3.05) is 37.6 Å². The minimum Gasteiger partial charge on any atom is -0.339 e. The molecule has 0 radical (unpaired) electrons. The molecule has 8 heteroatoms. The van der Waals surface area contributed by atoms with Gasteiger partial charge in [-0.15, -0.1) is 0 Å². The molecule has 2 amide bonds. The van der Waals surface area contributed by atoms with E-state index in [2.05, 4.69) is 25.3 Å². The minimum absolute atomic E-state index is 0.0348. The molecule has 1 aliphatic heterocycles. The number of aromatic nitrogens is 4. The summed E-state index contributed by atoms with van der Waals surface area (Å²) in [6.45, 7) is 4.68. The number of nitrogens with zero attached hydrogens (tertiary/aromatic N) is 6. The van der Waals surface area contributed by atoms with E-state index in [-0.39, 0.29) is 11.4 Å². The van der Waals surface area contributed by atoms with Crippen molar-refractivity contribution in [2.45, 2.75) is 25.8 Å². The molecule has 1 aliphatic carbocycles. The summed E-state index contributed by atoms with van der Waals surface area (Å²) in [5.74, 6) is 0.742. The van der Waals surface area contributed by atoms with Gasteiger partial charge in [0.15, 0.2) is 0 Å². The Hall–Kier alpha value is -2.64. The molecule has 1 N–H and O–H groups in total. The van der Waals surface area contributed by atoms with Gasteiger partial charge in [-0.1, -0.05) is 0 Å². The third kappa shape index (κ3) is 3.95. The Morgan fingerprint density at radius 1 is 1.08 bits per heavy atom. The van der Waals surface area contributed by atoms with E-state index in [1.165, 1.54) is 0 Å². The lowest BCUT2D eigenvalue weighted by atomic mass is 10.1. The summed E-state index contributed by atoms with van der Waals surface area (Å²) in [7, 11) is 0. The lowest BCUT2D eigenvalue weighted by molar-refractivity contribution is 0.197. The smallest absolute Gasteiger partial charge is 0.317 e. The van der Waals surface area contributed by atoms with E-state index >= 15 is 0 Å². The van der Waals surface area contributed by atoms with Crippen LogP contribution in [-0.2, 0) is 6.54 Å². The molecular weight excluding hydrogens is 330 g/mol. The summed E-state index contributed by atoms with van der Waals surface area (Å²) >= 11 is 0. The second-order valence-corrected chi connectivity index (χ2v) is 7.24. The first-order valence-electron chi connectivity index (χ1n) is 9.26. The molecule has 0 bridgehead atoms. The highest BCUT2D eigenvalue weighted by Gasteiger charge is 2.43. The number of hydrogen-bond donors (Lipinski definition) is 1. The summed E-state index contributed by atoms with van der Waals surface area (Å²) in [5.41, 5.74) is 0.178. The number of amides is 2. The van der Waals surface area contributed by atoms with Gasteiger partial charge in [-0.2, -0.15) is 5.10 Å². The summed E-state index contributed by atoms with van der Waals surface area (Å²) in [5, 5.41) is 7.43. The van der Waals surface area contributed by atoms with Crippen LogP contribution in [0.25, 0.3) is 0 Å². The van der Waals surface area contributed by atoms with Crippen molar-refractivity contribution in [2.24, 2.45) is 5.41 Å². The van der Waals surface area contributed by atoms with Gasteiger partial charge in [0.25, 0.3) is 0 Å². The van der Waals surface area contributed by atoms with Crippen LogP contribution in [0, 0.1) is 5.41 Å². The highest BCUT2D eigenvalue weighted by molar-refractivity contribution is 5.74. The fraction of sp³-hybridized carbons (Fsp3) is 0.556. The summed E-state index contributed by atoms with van der Waals surface area (Å²) in [6, 6.07) is 3.79. The number of rotatable bonds is 5. The van der Waals surface area contributed by atoms with Crippen LogP contribution in [0.5, 0.6) is 0 Å². The predicted molar refractivity (Wildman–Crippen MR) is 97.7 cm³/mol. The molecule has 1 saturated heterocycles. The van der Waals surface area contributed by atoms with Crippen molar-refractivity contribution in [3.05, 3.63) is 36.9 Å². The van der Waals surface area contributed by atoms with E-state index in [1.54, 1.807) is 18.6 Å². The van der Waals surface area contributed by atoms with Gasteiger partial charge in [-0.25, -0.2) is 14.8 Å². The molecule has 26 heavy (non-hydrogen) atoms. The minimum atomic E-state index is 0.0348. The maximum Gasteiger partial charge on any atom is 0.317 e. The molecule has 0 spiro atoms. The predicted octanol–water partition coefficient (Wildman–Crippen LogP) is 1.38. The first-order chi connectivity index (χ1) is 12.7. The van der Waals surface area contributed by atoms with Crippen molar-refractivity contribution in [1.82, 2.24) is 30.0 Å². The molecule has 0 atom stereocenters. The van der Waals surface area contributed by atoms with E-state index < -0.39 is 0 Å². The third-order valence-corrected chi connectivity index (χ3v) is 5.25. The lowest BCUT2D eigenvalue weighted by Gasteiger charge is -2.24. The van der Waals surface area contributed by atoms with Gasteiger partial charge in [0.05, 0.1) is 0 Å². The zero-order valence-electron chi connectivity index (χ0n) is 14.9. The van der Waals surface area contributed by atoms with Gasteiger partial charge in [0.1, 0.15) is 0 Å². The largest absolute Gasteiger partial charge is 0.339 e. The zero-order valence-corrected chi connectivity index (χ0v) is 14.9. The number of hydrogen-bond acceptors (Lipinski definition) is 5. The molecule has 0 aromatic carbocycles. The number of carbonyl (C=O) groups is 1. The Morgan fingerprint density at radius 2 is 1.92 bits per heavy atom. The van der Waals surface area contributed by atoms with Crippen molar-refractivity contribution >= 4 is 12.0 Å². The van der Waals surface area contributed by atoms with Crippen LogP contribution in [0.15, 0.2) is 36.9 Å². The highest BCUT2D eigenvalue weighted by Crippen LogP contribution is 2.46. The number of nitrogens with one attached hydrogen (secondary N) is 1. The van der Waals surface area contributed by atoms with Gasteiger partial charge < -0.3 is 15.1 Å². The fourth-order valence-electron chi connectivity index (χ4n) is 3.46. The SMILES string of the molecule is O=C(NCC1(Cn2cccn2)CC1)N1CCCN(c2ncccn2)CC1. The van der Waals surface area contributed by atoms with E-state index in [4.69, 9.17) is 0 Å². The number of anilines is 1. The average molecular weight is 355 g/mol. The van der Waals surface area contributed by atoms with Crippen LogP contribution in [0.2, 0.25) is 0 Å². The molecule has 2 aromatic rings. The standard InChI is InChI=1S/C18H25N7O/c26-17(21-14-18(4-5-18)15-25-11-2-8-22-25)24-10-3-9-23(12-13-24)16-19-6-1-7-20-16/h1-2,6-8,11H,3-5,9-10,12-15H2,(H,21,26). The molecule has 138 valence electrons. The van der Waals surface area contributed by atoms with Crippen LogP contribution in [0.4, 0.5) is 10.7 Å². The fourth-order valence-corrected chi connectivity index (χ4v) is 3.46. The number of carbonyl (C=O) groups excluding carboxylic acids is 1. The van der Waals surface area contributed by atoms with Crippen molar-refractivity contribution in [3.8, 4) is 0 Å². The summed E-state index contributed by atoms with van der Waals surface area (Å²) < 4.78 is 1.96. The Bertz CT molecular complexity index is 714. The van der Waals surface area contributed by atoms with Gasteiger partial charge in [-0.3, -0.25) is 4.68 Å². The topological polar surface area (TPSA) is 79.2 Å². The molecule has 2 aliphatic rings.